The molecule has 0 radical (unpaired) electrons. The van der Waals surface area contributed by atoms with E-state index in [1.807, 2.05) is 37.8 Å². The number of azide groups is 1. The van der Waals surface area contributed by atoms with Crippen LogP contribution < -0.4 is 5.32 Å². The predicted molar refractivity (Wildman–Crippen MR) is 149 cm³/mol. The number of rotatable bonds is 16. The standard InChI is InChI=1S/C25H44N12O3/c1-24(2,3)36(23(39)40)15-8-11-27-22(38)10-7-14-35-18-20(29-32-35)16-34(13-9-12-28-31-26)17-21-19-37(33-30-21)25(4,5)6/h18-19H,7-17H2,1-6H3,(H,27,38)(H,39,40). The van der Waals surface area contributed by atoms with Crippen molar-refractivity contribution >= 4 is 12.0 Å². The summed E-state index contributed by atoms with van der Waals surface area (Å²) in [6.45, 7) is 15.3. The lowest BCUT2D eigenvalue weighted by Crippen LogP contribution is -2.46. The van der Waals surface area contributed by atoms with E-state index in [-0.39, 0.29) is 11.4 Å². The van der Waals surface area contributed by atoms with E-state index in [9.17, 15) is 14.7 Å². The van der Waals surface area contributed by atoms with Gasteiger partial charge in [-0.3, -0.25) is 14.4 Å². The van der Waals surface area contributed by atoms with Crippen molar-refractivity contribution in [1.29, 1.82) is 0 Å². The third-order valence-electron chi connectivity index (χ3n) is 6.09. The van der Waals surface area contributed by atoms with Crippen molar-refractivity contribution in [2.24, 2.45) is 5.11 Å². The molecular weight excluding hydrogens is 516 g/mol. The highest BCUT2D eigenvalue weighted by Crippen LogP contribution is 2.15. The Kier molecular flexibility index (Phi) is 12.3. The predicted octanol–water partition coefficient (Wildman–Crippen LogP) is 3.39. The first-order valence-electron chi connectivity index (χ1n) is 13.6. The van der Waals surface area contributed by atoms with E-state index in [1.54, 1.807) is 4.68 Å². The van der Waals surface area contributed by atoms with Crippen LogP contribution in [0.25, 0.3) is 10.4 Å². The summed E-state index contributed by atoms with van der Waals surface area (Å²) in [5.74, 6) is -0.0764. The second kappa shape index (κ2) is 15.2. The zero-order valence-electron chi connectivity index (χ0n) is 24.6. The van der Waals surface area contributed by atoms with Crippen LogP contribution in [0, 0.1) is 0 Å². The summed E-state index contributed by atoms with van der Waals surface area (Å²) in [6, 6.07) is 0. The molecule has 15 heteroatoms. The first-order chi connectivity index (χ1) is 18.8. The second-order valence-corrected chi connectivity index (χ2v) is 11.7. The Balaban J connectivity index is 1.81. The number of carboxylic acid groups (broad SMARTS) is 1. The number of nitrogens with one attached hydrogen (secondary N) is 1. The van der Waals surface area contributed by atoms with Gasteiger partial charge in [0.2, 0.25) is 5.91 Å². The summed E-state index contributed by atoms with van der Waals surface area (Å²) in [7, 11) is 0. The highest BCUT2D eigenvalue weighted by molar-refractivity contribution is 5.75. The molecule has 0 spiro atoms. The number of carbonyl (C=O) groups excluding carboxylic acids is 1. The van der Waals surface area contributed by atoms with Gasteiger partial charge in [-0.25, -0.2) is 9.48 Å². The lowest BCUT2D eigenvalue weighted by Gasteiger charge is -2.33. The molecule has 2 rings (SSSR count). The Morgan fingerprint density at radius 1 is 1.02 bits per heavy atom. The van der Waals surface area contributed by atoms with Gasteiger partial charge in [0.15, 0.2) is 0 Å². The molecular formula is C25H44N12O3. The maximum Gasteiger partial charge on any atom is 0.407 e. The topological polar surface area (TPSA) is 183 Å². The van der Waals surface area contributed by atoms with Crippen LogP contribution in [-0.2, 0) is 30.0 Å². The number of hydrogen-bond donors (Lipinski definition) is 2. The van der Waals surface area contributed by atoms with Crippen molar-refractivity contribution in [3.8, 4) is 0 Å². The molecule has 0 aliphatic rings. The van der Waals surface area contributed by atoms with E-state index in [0.717, 1.165) is 11.4 Å². The molecule has 2 amide bonds. The molecule has 0 aliphatic carbocycles. The third-order valence-corrected chi connectivity index (χ3v) is 6.09. The van der Waals surface area contributed by atoms with E-state index in [2.05, 4.69) is 61.6 Å². The van der Waals surface area contributed by atoms with Gasteiger partial charge >= 0.3 is 6.09 Å². The fourth-order valence-electron chi connectivity index (χ4n) is 3.97. The Morgan fingerprint density at radius 2 is 1.70 bits per heavy atom. The second-order valence-electron chi connectivity index (χ2n) is 11.7. The van der Waals surface area contributed by atoms with Crippen LogP contribution >= 0.6 is 0 Å². The summed E-state index contributed by atoms with van der Waals surface area (Å²) < 4.78 is 3.56. The fourth-order valence-corrected chi connectivity index (χ4v) is 3.97. The summed E-state index contributed by atoms with van der Waals surface area (Å²) in [5, 5.41) is 32.9. The largest absolute Gasteiger partial charge is 0.465 e. The fraction of sp³-hybridized carbons (Fsp3) is 0.760. The number of carbonyl (C=O) groups is 2. The number of amides is 2. The normalized spacial score (nSPS) is 11.9. The van der Waals surface area contributed by atoms with Gasteiger partial charge in [0.05, 0.1) is 23.1 Å². The summed E-state index contributed by atoms with van der Waals surface area (Å²) in [5.41, 5.74) is 9.55. The van der Waals surface area contributed by atoms with Gasteiger partial charge in [-0.15, -0.1) is 10.2 Å². The van der Waals surface area contributed by atoms with Crippen molar-refractivity contribution in [3.05, 3.63) is 34.2 Å². The number of nitrogens with zero attached hydrogens (tertiary/aromatic N) is 11. The van der Waals surface area contributed by atoms with E-state index in [0.29, 0.717) is 71.5 Å². The Morgan fingerprint density at radius 3 is 2.30 bits per heavy atom. The van der Waals surface area contributed by atoms with Crippen molar-refractivity contribution < 1.29 is 14.7 Å². The van der Waals surface area contributed by atoms with Crippen LogP contribution in [0.1, 0.15) is 78.6 Å². The molecule has 2 aromatic heterocycles. The first kappa shape index (κ1) is 32.5. The molecule has 0 aliphatic heterocycles. The number of hydrogen-bond acceptors (Lipinski definition) is 8. The van der Waals surface area contributed by atoms with Gasteiger partial charge in [-0.2, -0.15) is 0 Å². The number of aryl methyl sites for hydroxylation is 1. The zero-order chi connectivity index (χ0) is 29.8. The third kappa shape index (κ3) is 11.6. The van der Waals surface area contributed by atoms with Crippen LogP contribution in [0.3, 0.4) is 0 Å². The van der Waals surface area contributed by atoms with Crippen LogP contribution in [-0.4, -0.2) is 88.6 Å². The quantitative estimate of drug-likeness (QED) is 0.135. The van der Waals surface area contributed by atoms with Crippen molar-refractivity contribution in [1.82, 2.24) is 45.1 Å². The monoisotopic (exact) mass is 560 g/mol. The first-order valence-corrected chi connectivity index (χ1v) is 13.6. The van der Waals surface area contributed by atoms with Gasteiger partial charge in [-0.1, -0.05) is 15.5 Å². The van der Waals surface area contributed by atoms with Crippen molar-refractivity contribution in [2.75, 3.05) is 26.2 Å². The minimum Gasteiger partial charge on any atom is -0.465 e. The van der Waals surface area contributed by atoms with E-state index in [4.69, 9.17) is 5.53 Å². The van der Waals surface area contributed by atoms with Crippen LogP contribution in [0.5, 0.6) is 0 Å². The molecule has 2 aromatic rings. The maximum absolute atomic E-state index is 12.2. The maximum atomic E-state index is 12.2. The summed E-state index contributed by atoms with van der Waals surface area (Å²) in [6.07, 6.45) is 5.04. The molecule has 0 bridgehead atoms. The van der Waals surface area contributed by atoms with E-state index < -0.39 is 11.6 Å². The molecule has 222 valence electrons. The molecule has 0 aromatic carbocycles. The summed E-state index contributed by atoms with van der Waals surface area (Å²) >= 11 is 0. The smallest absolute Gasteiger partial charge is 0.407 e. The van der Waals surface area contributed by atoms with Gasteiger partial charge in [-0.05, 0) is 72.9 Å². The highest BCUT2D eigenvalue weighted by Gasteiger charge is 2.25. The minimum atomic E-state index is -0.962. The Labute approximate surface area is 235 Å². The van der Waals surface area contributed by atoms with E-state index in [1.165, 1.54) is 4.90 Å². The van der Waals surface area contributed by atoms with Gasteiger partial charge in [0.25, 0.3) is 0 Å². The molecule has 0 saturated carbocycles. The SMILES string of the molecule is CC(C)(C)N(CCCNC(=O)CCCn1cc(CN(CCCN=[N+]=[N-])Cc2cn(C(C)(C)C)nn2)nn1)C(=O)O. The van der Waals surface area contributed by atoms with Crippen LogP contribution in [0.15, 0.2) is 17.5 Å². The molecule has 15 nitrogen and oxygen atoms in total. The number of aromatic nitrogens is 6. The molecule has 0 unspecified atom stereocenters. The van der Waals surface area contributed by atoms with E-state index >= 15 is 0 Å². The lowest BCUT2D eigenvalue weighted by molar-refractivity contribution is -0.121. The molecule has 40 heavy (non-hydrogen) atoms. The van der Waals surface area contributed by atoms with Crippen molar-refractivity contribution in [2.45, 2.75) is 97.9 Å². The van der Waals surface area contributed by atoms with Gasteiger partial charge in [0.1, 0.15) is 0 Å². The summed E-state index contributed by atoms with van der Waals surface area (Å²) in [4.78, 5) is 30.0. The molecule has 2 N–H and O–H groups in total. The lowest BCUT2D eigenvalue weighted by atomic mass is 10.1. The average Bonchev–Trinajstić information content (AvgIpc) is 3.50. The molecule has 0 atom stereocenters. The Hall–Kier alpha value is -3.71. The molecule has 0 saturated heterocycles. The van der Waals surface area contributed by atoms with Crippen LogP contribution in [0.4, 0.5) is 4.79 Å². The van der Waals surface area contributed by atoms with Crippen molar-refractivity contribution in [3.63, 3.8) is 0 Å². The average molecular weight is 561 g/mol. The highest BCUT2D eigenvalue weighted by atomic mass is 16.4. The van der Waals surface area contributed by atoms with Crippen LogP contribution in [0.2, 0.25) is 0 Å². The molecule has 2 heterocycles. The molecule has 0 fully saturated rings. The van der Waals surface area contributed by atoms with Gasteiger partial charge in [0, 0.05) is 62.3 Å². The minimum absolute atomic E-state index is 0.0764. The van der Waals surface area contributed by atoms with Gasteiger partial charge < -0.3 is 15.3 Å². The Bertz CT molecular complexity index is 1120. The zero-order valence-corrected chi connectivity index (χ0v) is 24.6.